The van der Waals surface area contributed by atoms with Crippen molar-refractivity contribution in [2.75, 3.05) is 37.4 Å². The van der Waals surface area contributed by atoms with Crippen LogP contribution in [0.5, 0.6) is 0 Å². The van der Waals surface area contributed by atoms with Crippen molar-refractivity contribution in [2.45, 2.75) is 19.8 Å². The minimum Gasteiger partial charge on any atom is -0.381 e. The Balaban J connectivity index is 2.00. The lowest BCUT2D eigenvalue weighted by Gasteiger charge is -2.27. The lowest BCUT2D eigenvalue weighted by Crippen LogP contribution is -2.30. The number of aryl methyl sites for hydroxylation is 1. The fraction of sp³-hybridized carbons (Fsp3) is 0.667. The lowest BCUT2D eigenvalue weighted by molar-refractivity contribution is 0.0685. The summed E-state index contributed by atoms with van der Waals surface area (Å²) in [5.74, 6) is 1.94. The van der Waals surface area contributed by atoms with E-state index < -0.39 is 0 Å². The van der Waals surface area contributed by atoms with E-state index in [9.17, 15) is 0 Å². The van der Waals surface area contributed by atoms with Gasteiger partial charge in [0.05, 0.1) is 0 Å². The Morgan fingerprint density at radius 1 is 1.41 bits per heavy atom. The molecule has 1 aromatic heterocycles. The first-order chi connectivity index (χ1) is 8.15. The number of nitrogens with two attached hydrogens (primary N) is 1. The summed E-state index contributed by atoms with van der Waals surface area (Å²) < 4.78 is 5.36. The van der Waals surface area contributed by atoms with Crippen LogP contribution in [0.2, 0.25) is 0 Å². The molecule has 2 N–H and O–H groups in total. The van der Waals surface area contributed by atoms with Gasteiger partial charge in [-0.15, -0.1) is 0 Å². The fourth-order valence-electron chi connectivity index (χ4n) is 2.18. The summed E-state index contributed by atoms with van der Waals surface area (Å²) in [5, 5.41) is 0. The zero-order chi connectivity index (χ0) is 12.3. The highest BCUT2D eigenvalue weighted by atomic mass is 16.5. The number of rotatable bonds is 3. The molecule has 1 aliphatic rings. The molecule has 0 radical (unpaired) electrons. The molecular formula is C12H20N4O. The van der Waals surface area contributed by atoms with Crippen LogP contribution in [-0.4, -0.2) is 36.8 Å². The second-order valence-corrected chi connectivity index (χ2v) is 4.66. The van der Waals surface area contributed by atoms with Crippen molar-refractivity contribution < 1.29 is 4.74 Å². The Hall–Kier alpha value is -1.36. The average molecular weight is 236 g/mol. The second-order valence-electron chi connectivity index (χ2n) is 4.66. The SMILES string of the molecule is Cc1cc(N(C)CC2CCOCC2)nc(N)n1. The van der Waals surface area contributed by atoms with Gasteiger partial charge in [0.25, 0.3) is 0 Å². The molecule has 0 aromatic carbocycles. The summed E-state index contributed by atoms with van der Waals surface area (Å²) >= 11 is 0. The summed E-state index contributed by atoms with van der Waals surface area (Å²) in [6, 6.07) is 1.97. The molecule has 1 aromatic rings. The molecule has 17 heavy (non-hydrogen) atoms. The third-order valence-corrected chi connectivity index (χ3v) is 3.12. The molecule has 0 bridgehead atoms. The van der Waals surface area contributed by atoms with Gasteiger partial charge in [0, 0.05) is 38.6 Å². The third-order valence-electron chi connectivity index (χ3n) is 3.12. The van der Waals surface area contributed by atoms with Gasteiger partial charge in [0.15, 0.2) is 0 Å². The summed E-state index contributed by atoms with van der Waals surface area (Å²) in [6.07, 6.45) is 2.26. The highest BCUT2D eigenvalue weighted by molar-refractivity contribution is 5.42. The van der Waals surface area contributed by atoms with Gasteiger partial charge in [0.2, 0.25) is 5.95 Å². The first-order valence-electron chi connectivity index (χ1n) is 6.05. The van der Waals surface area contributed by atoms with Crippen molar-refractivity contribution in [1.29, 1.82) is 0 Å². The summed E-state index contributed by atoms with van der Waals surface area (Å²) in [5.41, 5.74) is 6.57. The molecule has 0 saturated carbocycles. The number of anilines is 2. The number of hydrogen-bond acceptors (Lipinski definition) is 5. The number of nitrogens with zero attached hydrogens (tertiary/aromatic N) is 3. The molecule has 94 valence electrons. The van der Waals surface area contributed by atoms with Crippen LogP contribution < -0.4 is 10.6 Å². The van der Waals surface area contributed by atoms with Crippen LogP contribution in [-0.2, 0) is 4.74 Å². The predicted molar refractivity (Wildman–Crippen MR) is 68.0 cm³/mol. The number of hydrogen-bond donors (Lipinski definition) is 1. The maximum absolute atomic E-state index is 5.66. The molecule has 2 heterocycles. The highest BCUT2D eigenvalue weighted by Crippen LogP contribution is 2.19. The molecule has 0 amide bonds. The zero-order valence-electron chi connectivity index (χ0n) is 10.5. The summed E-state index contributed by atoms with van der Waals surface area (Å²) in [6.45, 7) is 4.69. The van der Waals surface area contributed by atoms with Gasteiger partial charge in [-0.25, -0.2) is 4.98 Å². The Labute approximate surface area is 102 Å². The van der Waals surface area contributed by atoms with Gasteiger partial charge in [0.1, 0.15) is 5.82 Å². The largest absolute Gasteiger partial charge is 0.381 e. The molecule has 1 fully saturated rings. The summed E-state index contributed by atoms with van der Waals surface area (Å²) in [7, 11) is 2.05. The third kappa shape index (κ3) is 3.30. The van der Waals surface area contributed by atoms with Gasteiger partial charge in [-0.3, -0.25) is 0 Å². The van der Waals surface area contributed by atoms with Crippen LogP contribution in [0.3, 0.4) is 0 Å². The number of ether oxygens (including phenoxy) is 1. The van der Waals surface area contributed by atoms with Crippen molar-refractivity contribution in [3.05, 3.63) is 11.8 Å². The Kier molecular flexibility index (Phi) is 3.78. The standard InChI is InChI=1S/C12H20N4O/c1-9-7-11(15-12(13)14-9)16(2)8-10-3-5-17-6-4-10/h7,10H,3-6,8H2,1-2H3,(H2,13,14,15). The molecule has 0 spiro atoms. The smallest absolute Gasteiger partial charge is 0.222 e. The van der Waals surface area contributed by atoms with Crippen molar-refractivity contribution in [1.82, 2.24) is 9.97 Å². The van der Waals surface area contributed by atoms with Crippen LogP contribution in [0.4, 0.5) is 11.8 Å². The molecule has 2 rings (SSSR count). The van der Waals surface area contributed by atoms with Crippen molar-refractivity contribution in [3.8, 4) is 0 Å². The van der Waals surface area contributed by atoms with Crippen molar-refractivity contribution >= 4 is 11.8 Å². The van der Waals surface area contributed by atoms with Gasteiger partial charge < -0.3 is 15.4 Å². The maximum atomic E-state index is 5.66. The Morgan fingerprint density at radius 2 is 2.12 bits per heavy atom. The highest BCUT2D eigenvalue weighted by Gasteiger charge is 2.16. The van der Waals surface area contributed by atoms with Gasteiger partial charge in [-0.1, -0.05) is 0 Å². The molecule has 0 unspecified atom stereocenters. The zero-order valence-corrected chi connectivity index (χ0v) is 10.5. The van der Waals surface area contributed by atoms with E-state index in [0.717, 1.165) is 44.1 Å². The number of nitrogen functional groups attached to an aromatic ring is 1. The van der Waals surface area contributed by atoms with E-state index >= 15 is 0 Å². The van der Waals surface area contributed by atoms with E-state index in [1.807, 2.05) is 13.0 Å². The molecule has 5 nitrogen and oxygen atoms in total. The van der Waals surface area contributed by atoms with E-state index in [1.165, 1.54) is 0 Å². The molecule has 1 saturated heterocycles. The van der Waals surface area contributed by atoms with Crippen LogP contribution in [0.1, 0.15) is 18.5 Å². The van der Waals surface area contributed by atoms with Gasteiger partial charge in [-0.2, -0.15) is 4.98 Å². The van der Waals surface area contributed by atoms with Crippen molar-refractivity contribution in [2.24, 2.45) is 5.92 Å². The Bertz CT molecular complexity index is 357. The van der Waals surface area contributed by atoms with E-state index in [-0.39, 0.29) is 0 Å². The van der Waals surface area contributed by atoms with E-state index in [2.05, 4.69) is 21.9 Å². The first-order valence-corrected chi connectivity index (χ1v) is 6.05. The quantitative estimate of drug-likeness (QED) is 0.855. The topological polar surface area (TPSA) is 64.3 Å². The van der Waals surface area contributed by atoms with Crippen LogP contribution in [0.25, 0.3) is 0 Å². The van der Waals surface area contributed by atoms with Gasteiger partial charge in [-0.05, 0) is 25.7 Å². The molecule has 1 aliphatic heterocycles. The van der Waals surface area contributed by atoms with Gasteiger partial charge >= 0.3 is 0 Å². The van der Waals surface area contributed by atoms with E-state index in [1.54, 1.807) is 0 Å². The van der Waals surface area contributed by atoms with E-state index in [0.29, 0.717) is 11.9 Å². The second kappa shape index (κ2) is 5.31. The molecule has 0 aliphatic carbocycles. The lowest BCUT2D eigenvalue weighted by atomic mass is 10.00. The monoisotopic (exact) mass is 236 g/mol. The average Bonchev–Trinajstić information content (AvgIpc) is 2.29. The number of aromatic nitrogens is 2. The van der Waals surface area contributed by atoms with Crippen molar-refractivity contribution in [3.63, 3.8) is 0 Å². The fourth-order valence-corrected chi connectivity index (χ4v) is 2.18. The first kappa shape index (κ1) is 12.1. The molecule has 5 heteroatoms. The van der Waals surface area contributed by atoms with E-state index in [4.69, 9.17) is 10.5 Å². The van der Waals surface area contributed by atoms with Crippen LogP contribution >= 0.6 is 0 Å². The minimum atomic E-state index is 0.346. The summed E-state index contributed by atoms with van der Waals surface area (Å²) in [4.78, 5) is 10.5. The Morgan fingerprint density at radius 3 is 2.76 bits per heavy atom. The molecule has 0 atom stereocenters. The minimum absolute atomic E-state index is 0.346. The van der Waals surface area contributed by atoms with Crippen LogP contribution in [0.15, 0.2) is 6.07 Å². The molecular weight excluding hydrogens is 216 g/mol. The van der Waals surface area contributed by atoms with Crippen LogP contribution in [0, 0.1) is 12.8 Å². The predicted octanol–water partition coefficient (Wildman–Crippen LogP) is 1.23. The normalized spacial score (nSPS) is 17.1. The maximum Gasteiger partial charge on any atom is 0.222 e.